The van der Waals surface area contributed by atoms with Gasteiger partial charge in [-0.1, -0.05) is 77.0 Å². The van der Waals surface area contributed by atoms with Crippen LogP contribution in [0.15, 0.2) is 0 Å². The van der Waals surface area contributed by atoms with E-state index in [9.17, 15) is 0 Å². The van der Waals surface area contributed by atoms with Gasteiger partial charge in [0, 0.05) is 0 Å². The quantitative estimate of drug-likeness (QED) is 0.342. The van der Waals surface area contributed by atoms with Gasteiger partial charge in [0.25, 0.3) is 0 Å². The van der Waals surface area contributed by atoms with Crippen molar-refractivity contribution in [3.05, 3.63) is 0 Å². The van der Waals surface area contributed by atoms with Crippen molar-refractivity contribution in [1.29, 1.82) is 0 Å². The molecule has 1 rings (SSSR count). The maximum absolute atomic E-state index is 5.48. The molecule has 0 aromatic heterocycles. The van der Waals surface area contributed by atoms with Crippen molar-refractivity contribution in [3.8, 4) is 0 Å². The van der Waals surface area contributed by atoms with E-state index in [1.165, 1.54) is 89.9 Å². The Balaban J connectivity index is 1.60. The standard InChI is InChI=1S/C17H35NO/c18-15-13-11-9-7-5-3-1-2-4-6-8-10-12-14-17-16-19-17/h17H,1-16,18H2. The summed E-state index contributed by atoms with van der Waals surface area (Å²) >= 11 is 0. The summed E-state index contributed by atoms with van der Waals surface area (Å²) in [6, 6.07) is 0. The highest BCUT2D eigenvalue weighted by Crippen LogP contribution is 2.18. The lowest BCUT2D eigenvalue weighted by molar-refractivity contribution is 0.387. The second-order valence-corrected chi connectivity index (χ2v) is 6.13. The zero-order chi connectivity index (χ0) is 13.6. The fraction of sp³-hybridized carbons (Fsp3) is 1.00. The molecule has 0 aromatic carbocycles. The van der Waals surface area contributed by atoms with E-state index in [0.717, 1.165) is 13.2 Å². The monoisotopic (exact) mass is 269 g/mol. The predicted molar refractivity (Wildman–Crippen MR) is 83.4 cm³/mol. The average Bonchev–Trinajstić information content (AvgIpc) is 3.23. The first-order chi connectivity index (χ1) is 9.43. The Labute approximate surface area is 120 Å². The Morgan fingerprint density at radius 3 is 1.37 bits per heavy atom. The van der Waals surface area contributed by atoms with Gasteiger partial charge in [0.15, 0.2) is 0 Å². The van der Waals surface area contributed by atoms with E-state index in [2.05, 4.69) is 0 Å². The van der Waals surface area contributed by atoms with E-state index in [1.54, 1.807) is 0 Å². The van der Waals surface area contributed by atoms with Gasteiger partial charge in [0.1, 0.15) is 0 Å². The van der Waals surface area contributed by atoms with Crippen LogP contribution in [0.1, 0.15) is 89.9 Å². The fourth-order valence-electron chi connectivity index (χ4n) is 2.70. The van der Waals surface area contributed by atoms with E-state index in [-0.39, 0.29) is 0 Å². The number of hydrogen-bond donors (Lipinski definition) is 1. The third-order valence-electron chi connectivity index (χ3n) is 4.13. The summed E-state index contributed by atoms with van der Waals surface area (Å²) in [4.78, 5) is 0. The molecule has 1 saturated heterocycles. The van der Waals surface area contributed by atoms with Gasteiger partial charge in [-0.3, -0.25) is 0 Å². The van der Waals surface area contributed by atoms with E-state index in [1.807, 2.05) is 0 Å². The molecule has 1 atom stereocenters. The van der Waals surface area contributed by atoms with Crippen molar-refractivity contribution in [1.82, 2.24) is 0 Å². The van der Waals surface area contributed by atoms with Crippen LogP contribution in [0.25, 0.3) is 0 Å². The Kier molecular flexibility index (Phi) is 11.5. The van der Waals surface area contributed by atoms with Crippen molar-refractivity contribution < 1.29 is 4.74 Å². The molecule has 2 N–H and O–H groups in total. The maximum Gasteiger partial charge on any atom is 0.0810 e. The summed E-state index contributed by atoms with van der Waals surface area (Å²) in [5.41, 5.74) is 5.48. The molecule has 0 amide bonds. The largest absolute Gasteiger partial charge is 0.373 e. The van der Waals surface area contributed by atoms with Crippen molar-refractivity contribution >= 4 is 0 Å². The molecule has 1 heterocycles. The third kappa shape index (κ3) is 12.7. The summed E-state index contributed by atoms with van der Waals surface area (Å²) in [5, 5.41) is 0. The van der Waals surface area contributed by atoms with E-state index >= 15 is 0 Å². The minimum Gasteiger partial charge on any atom is -0.373 e. The van der Waals surface area contributed by atoms with Gasteiger partial charge >= 0.3 is 0 Å². The second-order valence-electron chi connectivity index (χ2n) is 6.13. The van der Waals surface area contributed by atoms with Gasteiger partial charge in [-0.25, -0.2) is 0 Å². The molecule has 1 fully saturated rings. The molecule has 0 aliphatic carbocycles. The van der Waals surface area contributed by atoms with Crippen LogP contribution < -0.4 is 5.73 Å². The van der Waals surface area contributed by atoms with E-state index in [4.69, 9.17) is 10.5 Å². The summed E-state index contributed by atoms with van der Waals surface area (Å²) in [6.07, 6.45) is 20.2. The average molecular weight is 269 g/mol. The number of unbranched alkanes of at least 4 members (excludes halogenated alkanes) is 12. The molecule has 0 saturated carbocycles. The molecule has 1 aliphatic rings. The topological polar surface area (TPSA) is 38.5 Å². The van der Waals surface area contributed by atoms with Crippen molar-refractivity contribution in [2.24, 2.45) is 5.73 Å². The number of hydrogen-bond acceptors (Lipinski definition) is 2. The molecule has 2 nitrogen and oxygen atoms in total. The number of epoxide rings is 1. The summed E-state index contributed by atoms with van der Waals surface area (Å²) < 4.78 is 5.22. The van der Waals surface area contributed by atoms with Crippen LogP contribution in [0.5, 0.6) is 0 Å². The van der Waals surface area contributed by atoms with Gasteiger partial charge < -0.3 is 10.5 Å². The van der Waals surface area contributed by atoms with Gasteiger partial charge in [0.05, 0.1) is 12.7 Å². The molecule has 0 spiro atoms. The van der Waals surface area contributed by atoms with Crippen LogP contribution in [0.2, 0.25) is 0 Å². The lowest BCUT2D eigenvalue weighted by Crippen LogP contribution is -1.97. The van der Waals surface area contributed by atoms with Gasteiger partial charge in [0.2, 0.25) is 0 Å². The molecule has 114 valence electrons. The maximum atomic E-state index is 5.48. The van der Waals surface area contributed by atoms with Crippen LogP contribution in [-0.4, -0.2) is 19.3 Å². The lowest BCUT2D eigenvalue weighted by Gasteiger charge is -2.03. The summed E-state index contributed by atoms with van der Waals surface area (Å²) in [6.45, 7) is 1.90. The smallest absolute Gasteiger partial charge is 0.0810 e. The molecular formula is C17H35NO. The SMILES string of the molecule is NCCCCCCCCCCCCCCCC1CO1. The van der Waals surface area contributed by atoms with Gasteiger partial charge in [-0.15, -0.1) is 0 Å². The molecule has 2 heteroatoms. The van der Waals surface area contributed by atoms with Crippen molar-refractivity contribution in [2.45, 2.75) is 96.0 Å². The highest BCUT2D eigenvalue weighted by atomic mass is 16.6. The molecular weight excluding hydrogens is 234 g/mol. The minimum atomic E-state index is 0.643. The summed E-state index contributed by atoms with van der Waals surface area (Å²) in [5.74, 6) is 0. The first-order valence-corrected chi connectivity index (χ1v) is 8.75. The Morgan fingerprint density at radius 2 is 1.00 bits per heavy atom. The lowest BCUT2D eigenvalue weighted by atomic mass is 10.0. The normalized spacial score (nSPS) is 17.8. The second kappa shape index (κ2) is 12.9. The van der Waals surface area contributed by atoms with Crippen LogP contribution in [0, 0.1) is 0 Å². The zero-order valence-corrected chi connectivity index (χ0v) is 12.9. The first kappa shape index (κ1) is 17.0. The Hall–Kier alpha value is -0.0800. The Bertz CT molecular complexity index is 180. The van der Waals surface area contributed by atoms with Crippen LogP contribution in [0.3, 0.4) is 0 Å². The number of rotatable bonds is 15. The highest BCUT2D eigenvalue weighted by Gasteiger charge is 2.20. The minimum absolute atomic E-state index is 0.643. The van der Waals surface area contributed by atoms with E-state index in [0.29, 0.717) is 6.10 Å². The van der Waals surface area contributed by atoms with Crippen molar-refractivity contribution in [2.75, 3.05) is 13.2 Å². The van der Waals surface area contributed by atoms with E-state index < -0.39 is 0 Å². The third-order valence-corrected chi connectivity index (χ3v) is 4.13. The molecule has 1 aliphatic heterocycles. The van der Waals surface area contributed by atoms with Crippen LogP contribution >= 0.6 is 0 Å². The van der Waals surface area contributed by atoms with Crippen LogP contribution in [-0.2, 0) is 4.74 Å². The fourth-order valence-corrected chi connectivity index (χ4v) is 2.70. The Morgan fingerprint density at radius 1 is 0.632 bits per heavy atom. The number of ether oxygens (including phenoxy) is 1. The highest BCUT2D eigenvalue weighted by molar-refractivity contribution is 4.68. The summed E-state index contributed by atoms with van der Waals surface area (Å²) in [7, 11) is 0. The first-order valence-electron chi connectivity index (χ1n) is 8.75. The zero-order valence-electron chi connectivity index (χ0n) is 12.9. The molecule has 19 heavy (non-hydrogen) atoms. The van der Waals surface area contributed by atoms with Crippen LogP contribution in [0.4, 0.5) is 0 Å². The molecule has 0 radical (unpaired) electrons. The molecule has 0 aromatic rings. The van der Waals surface area contributed by atoms with Crippen molar-refractivity contribution in [3.63, 3.8) is 0 Å². The van der Waals surface area contributed by atoms with Gasteiger partial charge in [-0.2, -0.15) is 0 Å². The molecule has 1 unspecified atom stereocenters. The molecule has 0 bridgehead atoms. The van der Waals surface area contributed by atoms with Gasteiger partial charge in [-0.05, 0) is 19.4 Å². The predicted octanol–water partition coefficient (Wildman–Crippen LogP) is 4.81. The number of nitrogens with two attached hydrogens (primary N) is 1.